The van der Waals surface area contributed by atoms with E-state index in [1.807, 2.05) is 12.1 Å². The minimum absolute atomic E-state index is 0.491. The molecule has 0 spiro atoms. The van der Waals surface area contributed by atoms with Crippen LogP contribution in [0.25, 0.3) is 0 Å². The van der Waals surface area contributed by atoms with Crippen molar-refractivity contribution in [2.24, 2.45) is 0 Å². The highest BCUT2D eigenvalue weighted by molar-refractivity contribution is 7.98. The summed E-state index contributed by atoms with van der Waals surface area (Å²) in [6, 6.07) is 14.5. The van der Waals surface area contributed by atoms with E-state index in [1.165, 1.54) is 5.56 Å². The number of H-pyrrole nitrogens is 1. The zero-order chi connectivity index (χ0) is 17.8. The van der Waals surface area contributed by atoms with Gasteiger partial charge in [-0.2, -0.15) is 5.10 Å². The number of aromatic nitrogens is 4. The number of nitrogen functional groups attached to an aromatic ring is 1. The van der Waals surface area contributed by atoms with E-state index in [0.29, 0.717) is 11.7 Å². The first-order valence-corrected chi connectivity index (χ1v) is 9.81. The van der Waals surface area contributed by atoms with Crippen LogP contribution in [0.4, 0.5) is 11.6 Å². The molecule has 26 heavy (non-hydrogen) atoms. The van der Waals surface area contributed by atoms with E-state index < -0.39 is 0 Å². The lowest BCUT2D eigenvalue weighted by Crippen LogP contribution is -2.33. The quantitative estimate of drug-likeness (QED) is 0.531. The number of rotatable bonds is 5. The van der Waals surface area contributed by atoms with Crippen LogP contribution in [0.5, 0.6) is 0 Å². The number of hydrogen-bond donors (Lipinski definition) is 2. The maximum atomic E-state index is 5.72. The van der Waals surface area contributed by atoms with Crippen molar-refractivity contribution in [3.63, 3.8) is 0 Å². The first-order valence-electron chi connectivity index (χ1n) is 8.82. The minimum Gasteiger partial charge on any atom is -0.382 e. The number of benzene rings is 1. The molecule has 7 heteroatoms. The van der Waals surface area contributed by atoms with E-state index in [0.717, 1.165) is 48.2 Å². The normalized spacial score (nSPS) is 15.3. The van der Waals surface area contributed by atoms with Gasteiger partial charge in [-0.15, -0.1) is 11.8 Å². The number of anilines is 2. The highest BCUT2D eigenvalue weighted by Crippen LogP contribution is 2.30. The second kappa shape index (κ2) is 7.78. The fraction of sp³-hybridized carbons (Fsp3) is 0.316. The molecule has 0 radical (unpaired) electrons. The number of hydrogen-bond acceptors (Lipinski definition) is 6. The molecule has 4 rings (SSSR count). The zero-order valence-corrected chi connectivity index (χ0v) is 15.3. The molecule has 6 nitrogen and oxygen atoms in total. The Kier molecular flexibility index (Phi) is 5.06. The number of aromatic amines is 1. The minimum atomic E-state index is 0.491. The van der Waals surface area contributed by atoms with Crippen molar-refractivity contribution in [2.75, 3.05) is 23.7 Å². The maximum absolute atomic E-state index is 5.72. The predicted octanol–water partition coefficient (Wildman–Crippen LogP) is 3.46. The number of nitrogens with two attached hydrogens (primary N) is 1. The predicted molar refractivity (Wildman–Crippen MR) is 105 cm³/mol. The first kappa shape index (κ1) is 16.9. The zero-order valence-electron chi connectivity index (χ0n) is 14.5. The summed E-state index contributed by atoms with van der Waals surface area (Å²) >= 11 is 1.75. The van der Waals surface area contributed by atoms with Gasteiger partial charge < -0.3 is 10.6 Å². The molecule has 1 aliphatic rings. The summed E-state index contributed by atoms with van der Waals surface area (Å²) in [6.07, 6.45) is 3.81. The largest absolute Gasteiger partial charge is 0.382 e. The second-order valence-corrected chi connectivity index (χ2v) is 7.49. The Morgan fingerprint density at radius 3 is 2.65 bits per heavy atom. The maximum Gasteiger partial charge on any atom is 0.145 e. The fourth-order valence-corrected chi connectivity index (χ4v) is 4.11. The smallest absolute Gasteiger partial charge is 0.145 e. The van der Waals surface area contributed by atoms with Gasteiger partial charge in [0.25, 0.3) is 0 Å². The van der Waals surface area contributed by atoms with Crippen molar-refractivity contribution < 1.29 is 0 Å². The third-order valence-electron chi connectivity index (χ3n) is 4.73. The van der Waals surface area contributed by atoms with Crippen LogP contribution in [0.15, 0.2) is 53.8 Å². The summed E-state index contributed by atoms with van der Waals surface area (Å²) in [4.78, 5) is 11.2. The Morgan fingerprint density at radius 1 is 1.12 bits per heavy atom. The van der Waals surface area contributed by atoms with Gasteiger partial charge in [-0.25, -0.2) is 9.97 Å². The SMILES string of the molecule is Nc1cc(C2CCN(c3cc(SCc4ccccc4)ncn3)CC2)[nH]n1. The van der Waals surface area contributed by atoms with E-state index in [1.54, 1.807) is 18.1 Å². The second-order valence-electron chi connectivity index (χ2n) is 6.50. The Morgan fingerprint density at radius 2 is 1.92 bits per heavy atom. The third kappa shape index (κ3) is 3.99. The Labute approximate surface area is 157 Å². The molecule has 0 bridgehead atoms. The average molecular weight is 366 g/mol. The molecule has 1 saturated heterocycles. The van der Waals surface area contributed by atoms with Crippen LogP contribution in [-0.4, -0.2) is 33.3 Å². The molecule has 0 amide bonds. The van der Waals surface area contributed by atoms with Crippen molar-refractivity contribution in [1.82, 2.24) is 20.2 Å². The van der Waals surface area contributed by atoms with E-state index in [9.17, 15) is 0 Å². The van der Waals surface area contributed by atoms with Crippen LogP contribution in [0.3, 0.4) is 0 Å². The summed E-state index contributed by atoms with van der Waals surface area (Å²) in [5.41, 5.74) is 8.16. The van der Waals surface area contributed by atoms with Gasteiger partial charge in [-0.05, 0) is 18.4 Å². The molecule has 3 heterocycles. The van der Waals surface area contributed by atoms with Gasteiger partial charge in [0.1, 0.15) is 23.0 Å². The molecular weight excluding hydrogens is 344 g/mol. The van der Waals surface area contributed by atoms with Gasteiger partial charge in [0, 0.05) is 42.6 Å². The molecule has 0 aliphatic carbocycles. The average Bonchev–Trinajstić information content (AvgIpc) is 3.14. The van der Waals surface area contributed by atoms with Crippen LogP contribution in [0.1, 0.15) is 30.0 Å². The van der Waals surface area contributed by atoms with Gasteiger partial charge in [-0.3, -0.25) is 5.10 Å². The summed E-state index contributed by atoms with van der Waals surface area (Å²) < 4.78 is 0. The summed E-state index contributed by atoms with van der Waals surface area (Å²) in [7, 11) is 0. The molecule has 0 unspecified atom stereocenters. The lowest BCUT2D eigenvalue weighted by molar-refractivity contribution is 0.492. The molecule has 3 N–H and O–H groups in total. The molecule has 1 aliphatic heterocycles. The Hall–Kier alpha value is -2.54. The Balaban J connectivity index is 1.36. The van der Waals surface area contributed by atoms with E-state index in [2.05, 4.69) is 55.4 Å². The highest BCUT2D eigenvalue weighted by atomic mass is 32.2. The summed E-state index contributed by atoms with van der Waals surface area (Å²) in [6.45, 7) is 1.95. The molecule has 3 aromatic rings. The van der Waals surface area contributed by atoms with Crippen molar-refractivity contribution in [3.05, 3.63) is 60.0 Å². The van der Waals surface area contributed by atoms with Crippen molar-refractivity contribution in [3.8, 4) is 0 Å². The van der Waals surface area contributed by atoms with Crippen molar-refractivity contribution in [2.45, 2.75) is 29.5 Å². The standard InChI is InChI=1S/C19H22N6S/c20-17-10-16(23-24-17)15-6-8-25(9-7-15)18-11-19(22-13-21-18)26-12-14-4-2-1-3-5-14/h1-5,10-11,13,15H,6-9,12H2,(H3,20,23,24). The number of piperidine rings is 1. The molecular formula is C19H22N6S. The number of thioether (sulfide) groups is 1. The highest BCUT2D eigenvalue weighted by Gasteiger charge is 2.23. The van der Waals surface area contributed by atoms with Gasteiger partial charge in [0.15, 0.2) is 0 Å². The van der Waals surface area contributed by atoms with Gasteiger partial charge in [0.05, 0.1) is 0 Å². The van der Waals surface area contributed by atoms with Crippen LogP contribution in [-0.2, 0) is 5.75 Å². The summed E-state index contributed by atoms with van der Waals surface area (Å²) in [5.74, 6) is 2.99. The van der Waals surface area contributed by atoms with Crippen LogP contribution in [0.2, 0.25) is 0 Å². The van der Waals surface area contributed by atoms with Gasteiger partial charge in [0.2, 0.25) is 0 Å². The van der Waals surface area contributed by atoms with Crippen molar-refractivity contribution >= 4 is 23.4 Å². The molecule has 134 valence electrons. The molecule has 1 fully saturated rings. The third-order valence-corrected chi connectivity index (χ3v) is 5.73. The van der Waals surface area contributed by atoms with Gasteiger partial charge >= 0.3 is 0 Å². The van der Waals surface area contributed by atoms with E-state index >= 15 is 0 Å². The molecule has 0 atom stereocenters. The Bertz CT molecular complexity index is 842. The fourth-order valence-electron chi connectivity index (χ4n) is 3.29. The lowest BCUT2D eigenvalue weighted by atomic mass is 9.93. The molecule has 1 aromatic carbocycles. The number of nitrogens with zero attached hydrogens (tertiary/aromatic N) is 4. The van der Waals surface area contributed by atoms with Crippen LogP contribution in [0, 0.1) is 0 Å². The molecule has 0 saturated carbocycles. The van der Waals surface area contributed by atoms with E-state index in [-0.39, 0.29) is 0 Å². The first-order chi connectivity index (χ1) is 12.8. The lowest BCUT2D eigenvalue weighted by Gasteiger charge is -2.32. The van der Waals surface area contributed by atoms with Gasteiger partial charge in [-0.1, -0.05) is 30.3 Å². The van der Waals surface area contributed by atoms with Crippen molar-refractivity contribution in [1.29, 1.82) is 0 Å². The van der Waals surface area contributed by atoms with Crippen LogP contribution >= 0.6 is 11.8 Å². The number of nitrogens with one attached hydrogen (secondary N) is 1. The van der Waals surface area contributed by atoms with Crippen LogP contribution < -0.4 is 10.6 Å². The topological polar surface area (TPSA) is 83.7 Å². The van der Waals surface area contributed by atoms with E-state index in [4.69, 9.17) is 5.73 Å². The molecule has 2 aromatic heterocycles. The monoisotopic (exact) mass is 366 g/mol. The summed E-state index contributed by atoms with van der Waals surface area (Å²) in [5, 5.41) is 8.11.